The highest BCUT2D eigenvalue weighted by molar-refractivity contribution is 7.80. The molecule has 0 rings (SSSR count). The summed E-state index contributed by atoms with van der Waals surface area (Å²) in [6.45, 7) is 6.87. The zero-order chi connectivity index (χ0) is 9.40. The highest BCUT2D eigenvalue weighted by Crippen LogP contribution is 2.26. The van der Waals surface area contributed by atoms with Crippen LogP contribution in [0.2, 0.25) is 0 Å². The molecule has 0 radical (unpaired) electrons. The van der Waals surface area contributed by atoms with Gasteiger partial charge in [0.15, 0.2) is 0 Å². The first-order chi connectivity index (χ1) is 5.79. The van der Waals surface area contributed by atoms with Crippen molar-refractivity contribution in [2.24, 2.45) is 11.8 Å². The van der Waals surface area contributed by atoms with Crippen molar-refractivity contribution in [3.8, 4) is 0 Å². The summed E-state index contributed by atoms with van der Waals surface area (Å²) in [6, 6.07) is 0. The van der Waals surface area contributed by atoms with Crippen LogP contribution in [0.15, 0.2) is 0 Å². The first-order valence-electron chi connectivity index (χ1n) is 5.40. The maximum atomic E-state index is 4.44. The molecule has 0 nitrogen and oxygen atoms in total. The Balaban J connectivity index is 3.84. The normalized spacial score (nSPS) is 16.0. The molecule has 0 aliphatic heterocycles. The lowest BCUT2D eigenvalue weighted by atomic mass is 9.85. The van der Waals surface area contributed by atoms with Gasteiger partial charge in [-0.1, -0.05) is 46.5 Å². The Bertz CT molecular complexity index is 79.0. The quantitative estimate of drug-likeness (QED) is 0.570. The Morgan fingerprint density at radius 1 is 0.917 bits per heavy atom. The number of rotatable bonds is 7. The first kappa shape index (κ1) is 12.3. The van der Waals surface area contributed by atoms with Crippen LogP contribution in [0.1, 0.15) is 52.9 Å². The largest absolute Gasteiger partial charge is 0.179 e. The van der Waals surface area contributed by atoms with Gasteiger partial charge >= 0.3 is 0 Å². The van der Waals surface area contributed by atoms with Crippen LogP contribution in [-0.4, -0.2) is 5.75 Å². The van der Waals surface area contributed by atoms with Gasteiger partial charge in [0.25, 0.3) is 0 Å². The second-order valence-corrected chi connectivity index (χ2v) is 4.05. The van der Waals surface area contributed by atoms with Crippen LogP contribution in [0.25, 0.3) is 0 Å². The lowest BCUT2D eigenvalue weighted by Gasteiger charge is -2.23. The van der Waals surface area contributed by atoms with E-state index in [0.29, 0.717) is 0 Å². The van der Waals surface area contributed by atoms with Crippen LogP contribution in [0.4, 0.5) is 0 Å². The van der Waals surface area contributed by atoms with Crippen LogP contribution in [0, 0.1) is 11.8 Å². The smallest absolute Gasteiger partial charge is 0.00669 e. The maximum Gasteiger partial charge on any atom is -0.00669 e. The minimum Gasteiger partial charge on any atom is -0.179 e. The van der Waals surface area contributed by atoms with Crippen molar-refractivity contribution in [3.05, 3.63) is 0 Å². The van der Waals surface area contributed by atoms with E-state index in [4.69, 9.17) is 0 Å². The molecule has 0 aromatic heterocycles. The minimum absolute atomic E-state index is 0.864. The molecule has 0 spiro atoms. The van der Waals surface area contributed by atoms with E-state index < -0.39 is 0 Å². The van der Waals surface area contributed by atoms with Crippen LogP contribution in [-0.2, 0) is 0 Å². The van der Waals surface area contributed by atoms with Crippen LogP contribution < -0.4 is 0 Å². The molecule has 0 saturated carbocycles. The highest BCUT2D eigenvalue weighted by Gasteiger charge is 2.16. The highest BCUT2D eigenvalue weighted by atomic mass is 32.1. The summed E-state index contributed by atoms with van der Waals surface area (Å²) in [6.07, 6.45) is 6.72. The second kappa shape index (κ2) is 7.97. The van der Waals surface area contributed by atoms with Crippen molar-refractivity contribution in [2.75, 3.05) is 5.75 Å². The molecule has 0 aromatic carbocycles. The lowest BCUT2D eigenvalue weighted by molar-refractivity contribution is 0.310. The van der Waals surface area contributed by atoms with Crippen LogP contribution in [0.5, 0.6) is 0 Å². The first-order valence-corrected chi connectivity index (χ1v) is 6.04. The van der Waals surface area contributed by atoms with E-state index >= 15 is 0 Å². The predicted octanol–water partition coefficient (Wildman–Crippen LogP) is 4.16. The van der Waals surface area contributed by atoms with E-state index in [9.17, 15) is 0 Å². The average molecular weight is 188 g/mol. The summed E-state index contributed by atoms with van der Waals surface area (Å²) in [5, 5.41) is 0. The summed E-state index contributed by atoms with van der Waals surface area (Å²) in [4.78, 5) is 0. The maximum absolute atomic E-state index is 4.44. The van der Waals surface area contributed by atoms with Crippen molar-refractivity contribution in [2.45, 2.75) is 52.9 Å². The zero-order valence-corrected chi connectivity index (χ0v) is 9.74. The summed E-state index contributed by atoms with van der Waals surface area (Å²) in [5.41, 5.74) is 0. The molecule has 74 valence electrons. The van der Waals surface area contributed by atoms with E-state index in [1.165, 1.54) is 32.1 Å². The van der Waals surface area contributed by atoms with E-state index in [1.807, 2.05) is 0 Å². The number of thiol groups is 1. The minimum atomic E-state index is 0.864. The fourth-order valence-electron chi connectivity index (χ4n) is 1.99. The van der Waals surface area contributed by atoms with Gasteiger partial charge in [-0.3, -0.25) is 0 Å². The molecule has 1 heteroatoms. The summed E-state index contributed by atoms with van der Waals surface area (Å²) < 4.78 is 0. The third kappa shape index (κ3) is 4.39. The van der Waals surface area contributed by atoms with Gasteiger partial charge in [0.1, 0.15) is 0 Å². The molecular weight excluding hydrogens is 164 g/mol. The van der Waals surface area contributed by atoms with Gasteiger partial charge in [-0.25, -0.2) is 0 Å². The van der Waals surface area contributed by atoms with E-state index in [-0.39, 0.29) is 0 Å². The van der Waals surface area contributed by atoms with Crippen molar-refractivity contribution >= 4 is 12.6 Å². The van der Waals surface area contributed by atoms with Gasteiger partial charge in [0, 0.05) is 0 Å². The molecule has 0 aromatic rings. The lowest BCUT2D eigenvalue weighted by Crippen LogP contribution is -2.15. The molecule has 2 atom stereocenters. The number of hydrogen-bond donors (Lipinski definition) is 1. The summed E-state index contributed by atoms with van der Waals surface area (Å²) in [5.74, 6) is 2.86. The van der Waals surface area contributed by atoms with Gasteiger partial charge in [-0.15, -0.1) is 0 Å². The Labute approximate surface area is 83.5 Å². The van der Waals surface area contributed by atoms with E-state index in [2.05, 4.69) is 33.4 Å². The molecule has 0 N–H and O–H groups in total. The Kier molecular flexibility index (Phi) is 8.20. The average Bonchev–Trinajstić information content (AvgIpc) is 2.11. The van der Waals surface area contributed by atoms with Crippen LogP contribution >= 0.6 is 12.6 Å². The molecule has 0 bridgehead atoms. The van der Waals surface area contributed by atoms with Crippen LogP contribution in [0.3, 0.4) is 0 Å². The van der Waals surface area contributed by atoms with Crippen molar-refractivity contribution in [1.29, 1.82) is 0 Å². The van der Waals surface area contributed by atoms with Gasteiger partial charge in [0.2, 0.25) is 0 Å². The Morgan fingerprint density at radius 2 is 1.42 bits per heavy atom. The molecule has 0 amide bonds. The number of hydrogen-bond acceptors (Lipinski definition) is 1. The monoisotopic (exact) mass is 188 g/mol. The molecule has 0 aliphatic rings. The molecular formula is C11H24S. The van der Waals surface area contributed by atoms with E-state index in [1.54, 1.807) is 0 Å². The van der Waals surface area contributed by atoms with Crippen molar-refractivity contribution in [3.63, 3.8) is 0 Å². The second-order valence-electron chi connectivity index (χ2n) is 3.69. The molecule has 0 fully saturated rings. The molecule has 0 aliphatic carbocycles. The molecule has 12 heavy (non-hydrogen) atoms. The third-order valence-electron chi connectivity index (χ3n) is 2.74. The molecule has 2 unspecified atom stereocenters. The predicted molar refractivity (Wildman–Crippen MR) is 60.9 cm³/mol. The summed E-state index contributed by atoms with van der Waals surface area (Å²) in [7, 11) is 0. The van der Waals surface area contributed by atoms with Gasteiger partial charge in [-0.2, -0.15) is 12.6 Å². The SMILES string of the molecule is CCCC(CC)C(CS)CCC. The molecule has 0 saturated heterocycles. The van der Waals surface area contributed by atoms with Gasteiger partial charge in [-0.05, 0) is 24.0 Å². The molecule has 0 heterocycles. The Morgan fingerprint density at radius 3 is 1.75 bits per heavy atom. The van der Waals surface area contributed by atoms with Crippen molar-refractivity contribution < 1.29 is 0 Å². The van der Waals surface area contributed by atoms with Crippen molar-refractivity contribution in [1.82, 2.24) is 0 Å². The van der Waals surface area contributed by atoms with Gasteiger partial charge in [0.05, 0.1) is 0 Å². The standard InChI is InChI=1S/C11H24S/c1-4-7-10(6-3)11(9-12)8-5-2/h10-12H,4-9H2,1-3H3. The van der Waals surface area contributed by atoms with Gasteiger partial charge < -0.3 is 0 Å². The summed E-state index contributed by atoms with van der Waals surface area (Å²) >= 11 is 4.44. The third-order valence-corrected chi connectivity index (χ3v) is 3.21. The fourth-order valence-corrected chi connectivity index (χ4v) is 2.47. The Hall–Kier alpha value is 0.350. The topological polar surface area (TPSA) is 0 Å². The fraction of sp³-hybridized carbons (Fsp3) is 1.00. The zero-order valence-electron chi connectivity index (χ0n) is 8.84. The van der Waals surface area contributed by atoms with E-state index in [0.717, 1.165) is 17.6 Å².